The molecule has 2 aliphatic rings. The number of hydrogen-bond donors (Lipinski definition) is 0. The van der Waals surface area contributed by atoms with Gasteiger partial charge in [0.25, 0.3) is 0 Å². The first kappa shape index (κ1) is 14.2. The second-order valence-corrected chi connectivity index (χ2v) is 6.44. The molecule has 0 N–H and O–H groups in total. The van der Waals surface area contributed by atoms with Gasteiger partial charge in [-0.3, -0.25) is 4.79 Å². The standard InChI is InChI=1S/C19H19N3O/c1-2-3-8-17-20-13-14-12-15-16(23)7-6-11-19(9-4-5-10-19)22(15)18(14)21-17/h3,6-7,12-13H,1,4-5,8-11H2. The van der Waals surface area contributed by atoms with Gasteiger partial charge in [0.05, 0.1) is 11.2 Å². The highest BCUT2D eigenvalue weighted by Crippen LogP contribution is 2.44. The second kappa shape index (κ2) is 5.32. The summed E-state index contributed by atoms with van der Waals surface area (Å²) in [7, 11) is 0. The van der Waals surface area contributed by atoms with Crippen LogP contribution in [0.1, 0.15) is 48.4 Å². The fourth-order valence-electron chi connectivity index (χ4n) is 3.97. The van der Waals surface area contributed by atoms with Gasteiger partial charge < -0.3 is 4.57 Å². The molecule has 4 nitrogen and oxygen atoms in total. The first-order chi connectivity index (χ1) is 11.2. The molecule has 4 heteroatoms. The van der Waals surface area contributed by atoms with Crippen LogP contribution in [0, 0.1) is 0 Å². The summed E-state index contributed by atoms with van der Waals surface area (Å²) in [6, 6.07) is 1.94. The maximum atomic E-state index is 12.5. The van der Waals surface area contributed by atoms with Gasteiger partial charge in [0.1, 0.15) is 11.5 Å². The van der Waals surface area contributed by atoms with Gasteiger partial charge in [-0.25, -0.2) is 9.97 Å². The number of allylic oxidation sites excluding steroid dienone is 3. The summed E-state index contributed by atoms with van der Waals surface area (Å²) in [5.41, 5.74) is 4.40. The summed E-state index contributed by atoms with van der Waals surface area (Å²) >= 11 is 0. The third-order valence-corrected chi connectivity index (χ3v) is 5.05. The third-order valence-electron chi connectivity index (χ3n) is 5.05. The monoisotopic (exact) mass is 305 g/mol. The predicted octanol–water partition coefficient (Wildman–Crippen LogP) is 3.73. The van der Waals surface area contributed by atoms with E-state index >= 15 is 0 Å². The van der Waals surface area contributed by atoms with Crippen molar-refractivity contribution in [2.75, 3.05) is 0 Å². The molecule has 23 heavy (non-hydrogen) atoms. The molecule has 0 radical (unpaired) electrons. The Bertz CT molecular complexity index is 862. The number of nitrogens with zero attached hydrogens (tertiary/aromatic N) is 3. The van der Waals surface area contributed by atoms with Crippen LogP contribution in [0.2, 0.25) is 0 Å². The highest BCUT2D eigenvalue weighted by Gasteiger charge is 2.39. The zero-order valence-electron chi connectivity index (χ0n) is 13.1. The van der Waals surface area contributed by atoms with Crippen molar-refractivity contribution in [3.8, 4) is 0 Å². The Morgan fingerprint density at radius 2 is 2.22 bits per heavy atom. The minimum Gasteiger partial charge on any atom is -0.316 e. The summed E-state index contributed by atoms with van der Waals surface area (Å²) in [5, 5.41) is 0.946. The fourth-order valence-corrected chi connectivity index (χ4v) is 3.97. The van der Waals surface area contributed by atoms with E-state index in [-0.39, 0.29) is 11.3 Å². The summed E-state index contributed by atoms with van der Waals surface area (Å²) < 4.78 is 2.21. The lowest BCUT2D eigenvalue weighted by atomic mass is 9.93. The van der Waals surface area contributed by atoms with Crippen LogP contribution in [0.3, 0.4) is 0 Å². The Labute approximate surface area is 135 Å². The Morgan fingerprint density at radius 1 is 1.39 bits per heavy atom. The van der Waals surface area contributed by atoms with Crippen molar-refractivity contribution in [3.05, 3.63) is 54.3 Å². The second-order valence-electron chi connectivity index (χ2n) is 6.44. The molecule has 1 spiro atoms. The van der Waals surface area contributed by atoms with E-state index in [9.17, 15) is 4.79 Å². The van der Waals surface area contributed by atoms with Gasteiger partial charge >= 0.3 is 0 Å². The molecule has 0 saturated heterocycles. The molecule has 4 rings (SSSR count). The van der Waals surface area contributed by atoms with Gasteiger partial charge in [-0.15, -0.1) is 5.73 Å². The highest BCUT2D eigenvalue weighted by molar-refractivity contribution is 6.06. The van der Waals surface area contributed by atoms with E-state index in [0.29, 0.717) is 6.42 Å². The lowest BCUT2D eigenvalue weighted by Crippen LogP contribution is -2.31. The van der Waals surface area contributed by atoms with Crippen LogP contribution in [-0.2, 0) is 12.0 Å². The zero-order chi connectivity index (χ0) is 15.9. The number of carbonyl (C=O) groups is 1. The van der Waals surface area contributed by atoms with Crippen molar-refractivity contribution in [2.24, 2.45) is 0 Å². The van der Waals surface area contributed by atoms with Gasteiger partial charge in [0, 0.05) is 18.0 Å². The average molecular weight is 305 g/mol. The molecular weight excluding hydrogens is 286 g/mol. The van der Waals surface area contributed by atoms with Gasteiger partial charge in [-0.1, -0.05) is 25.5 Å². The van der Waals surface area contributed by atoms with Crippen LogP contribution >= 0.6 is 0 Å². The van der Waals surface area contributed by atoms with Gasteiger partial charge in [0.15, 0.2) is 0 Å². The third kappa shape index (κ3) is 2.18. The molecule has 2 aromatic rings. The van der Waals surface area contributed by atoms with E-state index in [0.717, 1.165) is 41.8 Å². The number of ketones is 1. The Hall–Kier alpha value is -2.45. The van der Waals surface area contributed by atoms with Crippen LogP contribution in [-0.4, -0.2) is 20.3 Å². The summed E-state index contributed by atoms with van der Waals surface area (Å²) in [6.45, 7) is 3.58. The van der Waals surface area contributed by atoms with Gasteiger partial charge in [0.2, 0.25) is 5.78 Å². The molecule has 3 heterocycles. The lowest BCUT2D eigenvalue weighted by Gasteiger charge is -2.31. The number of fused-ring (bicyclic) bond motifs is 4. The normalized spacial score (nSPS) is 18.9. The SMILES string of the molecule is C=C=CCc1ncc2cc3n(c2n1)C1(CC=CC3=O)CCCC1. The zero-order valence-corrected chi connectivity index (χ0v) is 13.1. The molecule has 0 bridgehead atoms. The van der Waals surface area contributed by atoms with Crippen LogP contribution in [0.25, 0.3) is 11.0 Å². The molecule has 0 amide bonds. The number of rotatable bonds is 2. The van der Waals surface area contributed by atoms with Crippen LogP contribution < -0.4 is 0 Å². The van der Waals surface area contributed by atoms with E-state index in [4.69, 9.17) is 4.98 Å². The van der Waals surface area contributed by atoms with Gasteiger partial charge in [-0.05, 0) is 37.5 Å². The van der Waals surface area contributed by atoms with Crippen molar-refractivity contribution in [3.63, 3.8) is 0 Å². The van der Waals surface area contributed by atoms with E-state index in [1.807, 2.05) is 24.4 Å². The van der Waals surface area contributed by atoms with Crippen molar-refractivity contribution in [2.45, 2.75) is 44.1 Å². The van der Waals surface area contributed by atoms with Crippen molar-refractivity contribution in [1.82, 2.24) is 14.5 Å². The first-order valence-electron chi connectivity index (χ1n) is 8.16. The molecule has 1 aliphatic heterocycles. The number of hydrogen-bond acceptors (Lipinski definition) is 3. The molecule has 2 aromatic heterocycles. The highest BCUT2D eigenvalue weighted by atomic mass is 16.1. The van der Waals surface area contributed by atoms with Gasteiger partial charge in [-0.2, -0.15) is 0 Å². The summed E-state index contributed by atoms with van der Waals surface area (Å²) in [6.07, 6.45) is 13.5. The van der Waals surface area contributed by atoms with Crippen molar-refractivity contribution in [1.29, 1.82) is 0 Å². The topological polar surface area (TPSA) is 47.8 Å². The maximum absolute atomic E-state index is 12.5. The summed E-state index contributed by atoms with van der Waals surface area (Å²) in [4.78, 5) is 21.6. The Morgan fingerprint density at radius 3 is 3.00 bits per heavy atom. The van der Waals surface area contributed by atoms with Crippen LogP contribution in [0.15, 0.2) is 42.8 Å². The number of aromatic nitrogens is 3. The first-order valence-corrected chi connectivity index (χ1v) is 8.16. The predicted molar refractivity (Wildman–Crippen MR) is 89.5 cm³/mol. The molecule has 0 aromatic carbocycles. The molecule has 0 unspecified atom stereocenters. The molecular formula is C19H19N3O. The minimum atomic E-state index is -0.000354. The van der Waals surface area contributed by atoms with E-state index < -0.39 is 0 Å². The van der Waals surface area contributed by atoms with E-state index in [1.54, 1.807) is 6.08 Å². The maximum Gasteiger partial charge on any atom is 0.201 e. The molecule has 1 saturated carbocycles. The fraction of sp³-hybridized carbons (Fsp3) is 0.368. The molecule has 116 valence electrons. The quantitative estimate of drug-likeness (QED) is 0.794. The Kier molecular flexibility index (Phi) is 3.28. The smallest absolute Gasteiger partial charge is 0.201 e. The Balaban J connectivity index is 1.97. The minimum absolute atomic E-state index is 0.000354. The molecule has 1 aliphatic carbocycles. The summed E-state index contributed by atoms with van der Waals surface area (Å²) in [5.74, 6) is 0.812. The largest absolute Gasteiger partial charge is 0.316 e. The number of carbonyl (C=O) groups excluding carboxylic acids is 1. The average Bonchev–Trinajstić information content (AvgIpc) is 3.14. The van der Waals surface area contributed by atoms with Crippen LogP contribution in [0.5, 0.6) is 0 Å². The van der Waals surface area contributed by atoms with Crippen molar-refractivity contribution >= 4 is 16.8 Å². The molecule has 1 fully saturated rings. The van der Waals surface area contributed by atoms with Crippen LogP contribution in [0.4, 0.5) is 0 Å². The van der Waals surface area contributed by atoms with Crippen molar-refractivity contribution < 1.29 is 4.79 Å². The van der Waals surface area contributed by atoms with E-state index in [2.05, 4.69) is 21.9 Å². The molecule has 0 atom stereocenters. The van der Waals surface area contributed by atoms with E-state index in [1.165, 1.54) is 12.8 Å². The lowest BCUT2D eigenvalue weighted by molar-refractivity contribution is 0.103.